The van der Waals surface area contributed by atoms with Gasteiger partial charge in [0, 0.05) is 17.8 Å². The van der Waals surface area contributed by atoms with Gasteiger partial charge in [-0.1, -0.05) is 25.1 Å². The fourth-order valence-corrected chi connectivity index (χ4v) is 2.08. The first-order valence-corrected chi connectivity index (χ1v) is 6.75. The molecule has 0 atom stereocenters. The third-order valence-electron chi connectivity index (χ3n) is 3.23. The van der Waals surface area contributed by atoms with Gasteiger partial charge in [-0.2, -0.15) is 0 Å². The van der Waals surface area contributed by atoms with Crippen molar-refractivity contribution in [1.29, 1.82) is 0 Å². The van der Waals surface area contributed by atoms with E-state index in [9.17, 15) is 25.0 Å². The van der Waals surface area contributed by atoms with E-state index < -0.39 is 27.1 Å². The van der Waals surface area contributed by atoms with E-state index in [2.05, 4.69) is 5.32 Å². The van der Waals surface area contributed by atoms with E-state index in [4.69, 9.17) is 0 Å². The lowest BCUT2D eigenvalue weighted by Gasteiger charge is -2.09. The molecule has 118 valence electrons. The summed E-state index contributed by atoms with van der Waals surface area (Å²) in [5, 5.41) is 24.3. The van der Waals surface area contributed by atoms with Crippen LogP contribution in [0.3, 0.4) is 0 Å². The van der Waals surface area contributed by atoms with Crippen LogP contribution in [0.1, 0.15) is 22.8 Å². The van der Waals surface area contributed by atoms with Gasteiger partial charge >= 0.3 is 0 Å². The number of hydrogen-bond donors (Lipinski definition) is 1. The van der Waals surface area contributed by atoms with Crippen LogP contribution in [0.5, 0.6) is 0 Å². The molecule has 2 rings (SSSR count). The van der Waals surface area contributed by atoms with E-state index in [-0.39, 0.29) is 5.56 Å². The summed E-state index contributed by atoms with van der Waals surface area (Å²) >= 11 is 0. The number of nitro benzene ring substituents is 2. The number of carbonyl (C=O) groups excluding carboxylic acids is 1. The van der Waals surface area contributed by atoms with Gasteiger partial charge in [0.05, 0.1) is 21.5 Å². The molecule has 23 heavy (non-hydrogen) atoms. The van der Waals surface area contributed by atoms with E-state index in [1.165, 1.54) is 0 Å². The lowest BCUT2D eigenvalue weighted by atomic mass is 10.1. The van der Waals surface area contributed by atoms with E-state index >= 15 is 0 Å². The zero-order valence-electron chi connectivity index (χ0n) is 12.2. The smallest absolute Gasteiger partial charge is 0.277 e. The maximum Gasteiger partial charge on any atom is 0.277 e. The highest BCUT2D eigenvalue weighted by molar-refractivity contribution is 6.05. The lowest BCUT2D eigenvalue weighted by Crippen LogP contribution is -2.14. The van der Waals surface area contributed by atoms with Crippen molar-refractivity contribution < 1.29 is 14.6 Å². The van der Waals surface area contributed by atoms with Gasteiger partial charge in [-0.05, 0) is 18.1 Å². The van der Waals surface area contributed by atoms with Crippen molar-refractivity contribution in [1.82, 2.24) is 0 Å². The number of nitrogens with one attached hydrogen (secondary N) is 1. The molecule has 8 nitrogen and oxygen atoms in total. The number of nitrogens with zero attached hydrogens (tertiary/aromatic N) is 2. The lowest BCUT2D eigenvalue weighted by molar-refractivity contribution is -0.394. The Kier molecular flexibility index (Phi) is 4.65. The molecule has 0 spiro atoms. The maximum atomic E-state index is 12.3. The van der Waals surface area contributed by atoms with Gasteiger partial charge in [0.25, 0.3) is 17.3 Å². The fourth-order valence-electron chi connectivity index (χ4n) is 2.08. The molecular formula is C15H13N3O5. The van der Waals surface area contributed by atoms with E-state index in [0.29, 0.717) is 12.1 Å². The second-order valence-electron chi connectivity index (χ2n) is 4.72. The molecule has 0 radical (unpaired) electrons. The van der Waals surface area contributed by atoms with Crippen molar-refractivity contribution in [3.05, 3.63) is 73.8 Å². The number of non-ortho nitro benzene ring substituents is 2. The highest BCUT2D eigenvalue weighted by Crippen LogP contribution is 2.24. The fraction of sp³-hybridized carbons (Fsp3) is 0.133. The van der Waals surface area contributed by atoms with Crippen LogP contribution >= 0.6 is 0 Å². The number of hydrogen-bond acceptors (Lipinski definition) is 5. The number of nitro groups is 2. The molecule has 2 aromatic rings. The first-order chi connectivity index (χ1) is 10.9. The predicted molar refractivity (Wildman–Crippen MR) is 83.5 cm³/mol. The Hall–Kier alpha value is -3.29. The Balaban J connectivity index is 2.38. The highest BCUT2D eigenvalue weighted by Gasteiger charge is 2.20. The van der Waals surface area contributed by atoms with Crippen molar-refractivity contribution >= 4 is 23.0 Å². The number of carbonyl (C=O) groups is 1. The van der Waals surface area contributed by atoms with E-state index in [1.807, 2.05) is 19.1 Å². The molecule has 0 aliphatic heterocycles. The Morgan fingerprint density at radius 2 is 1.61 bits per heavy atom. The molecular weight excluding hydrogens is 302 g/mol. The zero-order chi connectivity index (χ0) is 17.0. The Bertz CT molecular complexity index is 756. The number of anilines is 1. The van der Waals surface area contributed by atoms with Gasteiger partial charge in [0.15, 0.2) is 0 Å². The van der Waals surface area contributed by atoms with Gasteiger partial charge in [-0.25, -0.2) is 0 Å². The van der Waals surface area contributed by atoms with Crippen LogP contribution < -0.4 is 5.32 Å². The van der Waals surface area contributed by atoms with Gasteiger partial charge in [0.2, 0.25) is 0 Å². The number of benzene rings is 2. The Labute approximate surface area is 131 Å². The second-order valence-corrected chi connectivity index (χ2v) is 4.72. The first-order valence-electron chi connectivity index (χ1n) is 6.75. The average molecular weight is 315 g/mol. The summed E-state index contributed by atoms with van der Waals surface area (Å²) < 4.78 is 0. The number of amides is 1. The van der Waals surface area contributed by atoms with Crippen LogP contribution in [0.4, 0.5) is 17.1 Å². The summed E-state index contributed by atoms with van der Waals surface area (Å²) in [6.07, 6.45) is 0.686. The molecule has 0 saturated carbocycles. The van der Waals surface area contributed by atoms with Crippen LogP contribution in [0.2, 0.25) is 0 Å². The second kappa shape index (κ2) is 6.65. The minimum absolute atomic E-state index is 0.142. The SMILES string of the molecule is CCc1ccccc1NC(=O)c1cc([N+](=O)[O-])cc([N+](=O)[O-])c1. The molecule has 0 unspecified atom stereocenters. The molecule has 0 heterocycles. The molecule has 1 amide bonds. The van der Waals surface area contributed by atoms with E-state index in [1.54, 1.807) is 12.1 Å². The average Bonchev–Trinajstić information content (AvgIpc) is 2.54. The molecule has 2 aromatic carbocycles. The van der Waals surface area contributed by atoms with E-state index in [0.717, 1.165) is 23.8 Å². The number of para-hydroxylation sites is 1. The third-order valence-corrected chi connectivity index (χ3v) is 3.23. The predicted octanol–water partition coefficient (Wildman–Crippen LogP) is 3.32. The number of rotatable bonds is 5. The third kappa shape index (κ3) is 3.67. The van der Waals surface area contributed by atoms with Crippen molar-refractivity contribution in [2.45, 2.75) is 13.3 Å². The molecule has 1 N–H and O–H groups in total. The standard InChI is InChI=1S/C15H13N3O5/c1-2-10-5-3-4-6-14(10)16-15(19)11-7-12(17(20)21)9-13(8-11)18(22)23/h3-9H,2H2,1H3,(H,16,19). The van der Waals surface area contributed by atoms with Crippen molar-refractivity contribution in [3.8, 4) is 0 Å². The summed E-state index contributed by atoms with van der Waals surface area (Å²) in [5.74, 6) is -0.641. The quantitative estimate of drug-likeness (QED) is 0.671. The maximum absolute atomic E-state index is 12.3. The summed E-state index contributed by atoms with van der Waals surface area (Å²) in [5.41, 5.74) is 0.299. The Morgan fingerprint density at radius 1 is 1.04 bits per heavy atom. The van der Waals surface area contributed by atoms with Crippen molar-refractivity contribution in [2.75, 3.05) is 5.32 Å². The largest absolute Gasteiger partial charge is 0.322 e. The van der Waals surface area contributed by atoms with Gasteiger partial charge in [0.1, 0.15) is 0 Å². The summed E-state index contributed by atoms with van der Waals surface area (Å²) in [7, 11) is 0. The molecule has 0 aromatic heterocycles. The first kappa shape index (κ1) is 16.1. The minimum atomic E-state index is -0.774. The normalized spacial score (nSPS) is 10.1. The molecule has 0 aliphatic rings. The molecule has 0 bridgehead atoms. The van der Waals surface area contributed by atoms with Gasteiger partial charge < -0.3 is 5.32 Å². The molecule has 0 aliphatic carbocycles. The molecule has 0 fully saturated rings. The van der Waals surface area contributed by atoms with Gasteiger partial charge in [-0.15, -0.1) is 0 Å². The summed E-state index contributed by atoms with van der Waals surface area (Å²) in [6.45, 7) is 1.92. The monoisotopic (exact) mass is 315 g/mol. The van der Waals surface area contributed by atoms with Crippen molar-refractivity contribution in [3.63, 3.8) is 0 Å². The van der Waals surface area contributed by atoms with Crippen LogP contribution in [0.25, 0.3) is 0 Å². The Morgan fingerprint density at radius 3 is 2.13 bits per heavy atom. The minimum Gasteiger partial charge on any atom is -0.322 e. The summed E-state index contributed by atoms with van der Waals surface area (Å²) in [6, 6.07) is 9.94. The molecule has 0 saturated heterocycles. The van der Waals surface area contributed by atoms with Crippen LogP contribution in [0, 0.1) is 20.2 Å². The van der Waals surface area contributed by atoms with Crippen molar-refractivity contribution in [2.24, 2.45) is 0 Å². The van der Waals surface area contributed by atoms with Crippen LogP contribution in [-0.4, -0.2) is 15.8 Å². The zero-order valence-corrected chi connectivity index (χ0v) is 12.2. The molecule has 8 heteroatoms. The number of aryl methyl sites for hydroxylation is 1. The van der Waals surface area contributed by atoms with Crippen LogP contribution in [0.15, 0.2) is 42.5 Å². The van der Waals surface area contributed by atoms with Crippen LogP contribution in [-0.2, 0) is 6.42 Å². The topological polar surface area (TPSA) is 115 Å². The highest BCUT2D eigenvalue weighted by atomic mass is 16.6. The summed E-state index contributed by atoms with van der Waals surface area (Å²) in [4.78, 5) is 32.4. The van der Waals surface area contributed by atoms with Gasteiger partial charge in [-0.3, -0.25) is 25.0 Å².